The summed E-state index contributed by atoms with van der Waals surface area (Å²) in [5.41, 5.74) is -0.626. The van der Waals surface area contributed by atoms with Crippen LogP contribution < -0.4 is 15.4 Å². The van der Waals surface area contributed by atoms with Crippen LogP contribution in [0.2, 0.25) is 0 Å². The average Bonchev–Trinajstić information content (AvgIpc) is 3.31. The van der Waals surface area contributed by atoms with Crippen LogP contribution in [0.4, 0.5) is 19.0 Å². The van der Waals surface area contributed by atoms with Crippen LogP contribution >= 0.6 is 0 Å². The molecule has 1 saturated heterocycles. The van der Waals surface area contributed by atoms with Gasteiger partial charge in [0, 0.05) is 38.0 Å². The number of sulfonamides is 1. The number of ether oxygens (including phenoxy) is 1. The summed E-state index contributed by atoms with van der Waals surface area (Å²) in [6.07, 6.45) is -1.64. The summed E-state index contributed by atoms with van der Waals surface area (Å²) in [5.74, 6) is -0.137. The van der Waals surface area contributed by atoms with Crippen LogP contribution in [0.1, 0.15) is 35.2 Å². The van der Waals surface area contributed by atoms with Gasteiger partial charge in [-0.3, -0.25) is 4.79 Å². The maximum Gasteiger partial charge on any atom is 0.417 e. The molecule has 8 nitrogen and oxygen atoms in total. The molecule has 0 bridgehead atoms. The number of hydrogen-bond donors (Lipinski definition) is 3. The number of benzene rings is 1. The van der Waals surface area contributed by atoms with Crippen LogP contribution in [0.3, 0.4) is 0 Å². The predicted molar refractivity (Wildman–Crippen MR) is 115 cm³/mol. The summed E-state index contributed by atoms with van der Waals surface area (Å²) >= 11 is 0. The van der Waals surface area contributed by atoms with Gasteiger partial charge in [0.25, 0.3) is 5.91 Å². The molecule has 3 rings (SSSR count). The number of carbonyl (C=O) groups is 1. The van der Waals surface area contributed by atoms with Gasteiger partial charge in [-0.1, -0.05) is 6.07 Å². The van der Waals surface area contributed by atoms with Gasteiger partial charge in [-0.05, 0) is 49.6 Å². The molecule has 0 radical (unpaired) electrons. The highest BCUT2D eigenvalue weighted by molar-refractivity contribution is 7.89. The van der Waals surface area contributed by atoms with E-state index in [-0.39, 0.29) is 29.7 Å². The number of halogens is 3. The molecule has 1 fully saturated rings. The van der Waals surface area contributed by atoms with E-state index in [2.05, 4.69) is 20.3 Å². The Hall–Kier alpha value is -2.70. The summed E-state index contributed by atoms with van der Waals surface area (Å²) in [6.45, 7) is 1.46. The Morgan fingerprint density at radius 2 is 2.00 bits per heavy atom. The molecule has 1 aliphatic heterocycles. The first-order valence-electron chi connectivity index (χ1n) is 10.4. The third-order valence-electron chi connectivity index (χ3n) is 4.97. The molecule has 2 aromatic rings. The molecule has 0 aliphatic carbocycles. The molecule has 2 heterocycles. The van der Waals surface area contributed by atoms with Crippen molar-refractivity contribution in [1.82, 2.24) is 15.0 Å². The van der Waals surface area contributed by atoms with Crippen molar-refractivity contribution in [2.75, 3.05) is 31.6 Å². The Morgan fingerprint density at radius 1 is 1.18 bits per heavy atom. The quantitative estimate of drug-likeness (QED) is 0.446. The highest BCUT2D eigenvalue weighted by atomic mass is 32.2. The number of nitrogens with zero attached hydrogens (tertiary/aromatic N) is 1. The lowest BCUT2D eigenvalue weighted by molar-refractivity contribution is -0.137. The van der Waals surface area contributed by atoms with Gasteiger partial charge in [-0.25, -0.2) is 18.1 Å². The van der Waals surface area contributed by atoms with Gasteiger partial charge in [-0.2, -0.15) is 13.2 Å². The second-order valence-corrected chi connectivity index (χ2v) is 9.25. The molecule has 0 spiro atoms. The molecule has 1 unspecified atom stereocenters. The summed E-state index contributed by atoms with van der Waals surface area (Å²) in [6, 6.07) is 7.90. The number of pyridine rings is 1. The highest BCUT2D eigenvalue weighted by Gasteiger charge is 2.30. The van der Waals surface area contributed by atoms with Crippen molar-refractivity contribution < 1.29 is 31.1 Å². The molecule has 1 aromatic heterocycles. The predicted octanol–water partition coefficient (Wildman–Crippen LogP) is 2.79. The molecular formula is C21H25F3N4O4S. The Bertz CT molecular complexity index is 1040. The molecule has 3 N–H and O–H groups in total. The third kappa shape index (κ3) is 7.41. The van der Waals surface area contributed by atoms with E-state index >= 15 is 0 Å². The zero-order valence-electron chi connectivity index (χ0n) is 17.7. The zero-order valence-corrected chi connectivity index (χ0v) is 18.5. The maximum atomic E-state index is 12.5. The smallest absolute Gasteiger partial charge is 0.377 e. The summed E-state index contributed by atoms with van der Waals surface area (Å²) in [4.78, 5) is 16.1. The van der Waals surface area contributed by atoms with Crippen LogP contribution in [-0.4, -0.2) is 51.7 Å². The molecule has 0 saturated carbocycles. The van der Waals surface area contributed by atoms with Gasteiger partial charge in [0.15, 0.2) is 0 Å². The Labute approximate surface area is 190 Å². The lowest BCUT2D eigenvalue weighted by Crippen LogP contribution is -2.32. The van der Waals surface area contributed by atoms with E-state index in [1.54, 1.807) is 0 Å². The van der Waals surface area contributed by atoms with Gasteiger partial charge >= 0.3 is 6.18 Å². The SMILES string of the molecule is O=C(NCCCNc1ccc(C(F)(F)F)cn1)c1cccc(S(=O)(=O)NCC2CCCO2)c1. The fourth-order valence-electron chi connectivity index (χ4n) is 3.17. The summed E-state index contributed by atoms with van der Waals surface area (Å²) < 4.78 is 70.5. The molecular weight excluding hydrogens is 461 g/mol. The second-order valence-electron chi connectivity index (χ2n) is 7.48. The fraction of sp³-hybridized carbons (Fsp3) is 0.429. The Morgan fingerprint density at radius 3 is 2.67 bits per heavy atom. The normalized spacial score (nSPS) is 16.5. The Kier molecular flexibility index (Phi) is 8.27. The molecule has 12 heteroatoms. The third-order valence-corrected chi connectivity index (χ3v) is 6.39. The van der Waals surface area contributed by atoms with E-state index in [0.29, 0.717) is 25.4 Å². The van der Waals surface area contributed by atoms with E-state index in [1.165, 1.54) is 30.3 Å². The maximum absolute atomic E-state index is 12.5. The monoisotopic (exact) mass is 486 g/mol. The highest BCUT2D eigenvalue weighted by Crippen LogP contribution is 2.28. The molecule has 33 heavy (non-hydrogen) atoms. The van der Waals surface area contributed by atoms with Gasteiger partial charge in [0.2, 0.25) is 10.0 Å². The minimum absolute atomic E-state index is 0.0109. The van der Waals surface area contributed by atoms with E-state index < -0.39 is 27.7 Å². The van der Waals surface area contributed by atoms with E-state index in [4.69, 9.17) is 4.74 Å². The lowest BCUT2D eigenvalue weighted by Gasteiger charge is -2.12. The van der Waals surface area contributed by atoms with Gasteiger partial charge in [0.1, 0.15) is 5.82 Å². The van der Waals surface area contributed by atoms with E-state index in [0.717, 1.165) is 25.1 Å². The molecule has 1 aliphatic rings. The number of amides is 1. The molecule has 1 amide bonds. The molecule has 180 valence electrons. The van der Waals surface area contributed by atoms with Crippen molar-refractivity contribution in [3.05, 3.63) is 53.7 Å². The van der Waals surface area contributed by atoms with Crippen molar-refractivity contribution in [2.45, 2.75) is 36.4 Å². The minimum atomic E-state index is -4.44. The van der Waals surface area contributed by atoms with Crippen molar-refractivity contribution in [1.29, 1.82) is 0 Å². The second kappa shape index (κ2) is 10.9. The van der Waals surface area contributed by atoms with Crippen LogP contribution in [0.5, 0.6) is 0 Å². The molecule has 1 atom stereocenters. The average molecular weight is 487 g/mol. The number of rotatable bonds is 10. The van der Waals surface area contributed by atoms with Crippen molar-refractivity contribution in [3.8, 4) is 0 Å². The number of nitrogens with one attached hydrogen (secondary N) is 3. The topological polar surface area (TPSA) is 109 Å². The number of alkyl halides is 3. The zero-order chi connectivity index (χ0) is 23.9. The lowest BCUT2D eigenvalue weighted by atomic mass is 10.2. The largest absolute Gasteiger partial charge is 0.417 e. The van der Waals surface area contributed by atoms with Crippen LogP contribution in [0.25, 0.3) is 0 Å². The standard InChI is InChI=1S/C21H25F3N4O4S/c22-21(23,24)16-7-8-19(27-13-16)25-9-3-10-26-20(29)15-4-1-6-18(12-15)33(30,31)28-14-17-5-2-11-32-17/h1,4,6-8,12-13,17,28H,2-3,5,9-11,14H2,(H,25,27)(H,26,29). The minimum Gasteiger partial charge on any atom is -0.377 e. The number of aromatic nitrogens is 1. The number of hydrogen-bond acceptors (Lipinski definition) is 6. The fourth-order valence-corrected chi connectivity index (χ4v) is 4.28. The first kappa shape index (κ1) is 24.9. The van der Waals surface area contributed by atoms with Gasteiger partial charge in [-0.15, -0.1) is 0 Å². The first-order chi connectivity index (χ1) is 15.6. The number of carbonyl (C=O) groups excluding carboxylic acids is 1. The van der Waals surface area contributed by atoms with Crippen molar-refractivity contribution in [3.63, 3.8) is 0 Å². The van der Waals surface area contributed by atoms with E-state index in [9.17, 15) is 26.4 Å². The molecule has 1 aromatic carbocycles. The summed E-state index contributed by atoms with van der Waals surface area (Å²) in [5, 5.41) is 5.56. The Balaban J connectivity index is 1.43. The summed E-state index contributed by atoms with van der Waals surface area (Å²) in [7, 11) is -3.77. The van der Waals surface area contributed by atoms with Crippen LogP contribution in [0, 0.1) is 0 Å². The van der Waals surface area contributed by atoms with Crippen LogP contribution in [-0.2, 0) is 20.9 Å². The van der Waals surface area contributed by atoms with Crippen molar-refractivity contribution >= 4 is 21.7 Å². The van der Waals surface area contributed by atoms with Gasteiger partial charge < -0.3 is 15.4 Å². The van der Waals surface area contributed by atoms with Crippen molar-refractivity contribution in [2.24, 2.45) is 0 Å². The van der Waals surface area contributed by atoms with Gasteiger partial charge in [0.05, 0.1) is 16.6 Å². The van der Waals surface area contributed by atoms with E-state index in [1.807, 2.05) is 0 Å². The number of anilines is 1. The van der Waals surface area contributed by atoms with Crippen LogP contribution in [0.15, 0.2) is 47.5 Å². The first-order valence-corrected chi connectivity index (χ1v) is 11.9.